The molecule has 7 heteroatoms. The number of methoxy groups -OCH3 is 1. The zero-order valence-electron chi connectivity index (χ0n) is 12.5. The van der Waals surface area contributed by atoms with E-state index in [0.29, 0.717) is 16.9 Å². The Kier molecular flexibility index (Phi) is 3.78. The van der Waals surface area contributed by atoms with Crippen LogP contribution in [0.2, 0.25) is 0 Å². The van der Waals surface area contributed by atoms with E-state index in [1.807, 2.05) is 13.8 Å². The normalized spacial score (nSPS) is 11.1. The van der Waals surface area contributed by atoms with E-state index in [2.05, 4.69) is 26.1 Å². The molecular weight excluding hydrogens is 368 g/mol. The van der Waals surface area contributed by atoms with Crippen LogP contribution < -0.4 is 10.4 Å². The molecule has 5 nitrogen and oxygen atoms in total. The van der Waals surface area contributed by atoms with Crippen molar-refractivity contribution in [2.75, 3.05) is 7.11 Å². The van der Waals surface area contributed by atoms with E-state index >= 15 is 0 Å². The minimum Gasteiger partial charge on any atom is -0.495 e. The van der Waals surface area contributed by atoms with Gasteiger partial charge in [-0.2, -0.15) is 0 Å². The monoisotopic (exact) mass is 380 g/mol. The molecule has 0 aliphatic heterocycles. The number of hydrogen-bond acceptors (Lipinski definition) is 6. The van der Waals surface area contributed by atoms with Crippen LogP contribution in [0, 0.1) is 20.8 Å². The quantitative estimate of drug-likeness (QED) is 0.628. The molecule has 0 atom stereocenters. The third kappa shape index (κ3) is 2.24. The van der Waals surface area contributed by atoms with Gasteiger partial charge in [-0.05, 0) is 48.3 Å². The van der Waals surface area contributed by atoms with Crippen molar-refractivity contribution in [3.8, 4) is 16.3 Å². The number of ether oxygens (including phenoxy) is 1. The molecule has 0 spiro atoms. The van der Waals surface area contributed by atoms with Crippen molar-refractivity contribution < 1.29 is 9.15 Å². The van der Waals surface area contributed by atoms with Crippen molar-refractivity contribution in [2.24, 2.45) is 0 Å². The van der Waals surface area contributed by atoms with E-state index < -0.39 is 0 Å². The zero-order valence-corrected chi connectivity index (χ0v) is 14.9. The fourth-order valence-corrected chi connectivity index (χ4v) is 3.82. The van der Waals surface area contributed by atoms with E-state index in [1.165, 1.54) is 11.3 Å². The molecule has 114 valence electrons. The minimum atomic E-state index is -0.339. The van der Waals surface area contributed by atoms with Crippen molar-refractivity contribution in [3.63, 3.8) is 0 Å². The summed E-state index contributed by atoms with van der Waals surface area (Å²) in [5.74, 6) is 0.629. The van der Waals surface area contributed by atoms with Crippen LogP contribution in [-0.2, 0) is 0 Å². The molecule has 0 amide bonds. The van der Waals surface area contributed by atoms with Crippen molar-refractivity contribution >= 4 is 38.2 Å². The summed E-state index contributed by atoms with van der Waals surface area (Å²) in [6, 6.07) is 1.80. The molecule has 0 aliphatic carbocycles. The second kappa shape index (κ2) is 5.48. The maximum atomic E-state index is 11.9. The van der Waals surface area contributed by atoms with Crippen LogP contribution in [0.25, 0.3) is 21.5 Å². The lowest BCUT2D eigenvalue weighted by Crippen LogP contribution is -2.06. The highest BCUT2D eigenvalue weighted by Crippen LogP contribution is 2.43. The number of rotatable bonds is 2. The van der Waals surface area contributed by atoms with Crippen LogP contribution in [-0.4, -0.2) is 17.3 Å². The van der Waals surface area contributed by atoms with Gasteiger partial charge >= 0.3 is 5.63 Å². The first-order chi connectivity index (χ1) is 10.4. The summed E-state index contributed by atoms with van der Waals surface area (Å²) in [6.07, 6.45) is 0. The second-order valence-electron chi connectivity index (χ2n) is 4.91. The lowest BCUT2D eigenvalue weighted by Gasteiger charge is -2.13. The maximum absolute atomic E-state index is 11.9. The third-order valence-electron chi connectivity index (χ3n) is 3.59. The standard InChI is InChI=1S/C15H13BrN2O3S/c1-6-7(2)15(19)21-10-5-9(14-18-17-8(3)22-14)12(16)13(20-4)11(6)10/h5H,1-4H3. The molecule has 2 heterocycles. The van der Waals surface area contributed by atoms with Crippen LogP contribution >= 0.6 is 27.3 Å². The highest BCUT2D eigenvalue weighted by atomic mass is 79.9. The first-order valence-electron chi connectivity index (χ1n) is 6.55. The fraction of sp³-hybridized carbons (Fsp3) is 0.267. The van der Waals surface area contributed by atoms with E-state index in [0.717, 1.165) is 31.0 Å². The Labute approximate surface area is 139 Å². The predicted molar refractivity (Wildman–Crippen MR) is 89.9 cm³/mol. The molecule has 2 aromatic heterocycles. The van der Waals surface area contributed by atoms with Crippen molar-refractivity contribution in [3.05, 3.63) is 37.1 Å². The van der Waals surface area contributed by atoms with Crippen molar-refractivity contribution in [2.45, 2.75) is 20.8 Å². The van der Waals surface area contributed by atoms with Gasteiger partial charge in [0.15, 0.2) is 0 Å². The molecule has 1 aromatic carbocycles. The molecule has 0 N–H and O–H groups in total. The number of aromatic nitrogens is 2. The Morgan fingerprint density at radius 1 is 1.23 bits per heavy atom. The zero-order chi connectivity index (χ0) is 16.0. The van der Waals surface area contributed by atoms with Gasteiger partial charge in [0.1, 0.15) is 21.3 Å². The van der Waals surface area contributed by atoms with Crippen LogP contribution in [0.1, 0.15) is 16.1 Å². The van der Waals surface area contributed by atoms with Crippen LogP contribution in [0.5, 0.6) is 5.75 Å². The van der Waals surface area contributed by atoms with Gasteiger partial charge < -0.3 is 9.15 Å². The van der Waals surface area contributed by atoms with Gasteiger partial charge in [0, 0.05) is 11.1 Å². The number of hydrogen-bond donors (Lipinski definition) is 0. The number of nitrogens with zero attached hydrogens (tertiary/aromatic N) is 2. The summed E-state index contributed by atoms with van der Waals surface area (Å²) in [7, 11) is 1.59. The summed E-state index contributed by atoms with van der Waals surface area (Å²) < 4.78 is 11.8. The molecule has 0 aliphatic rings. The highest BCUT2D eigenvalue weighted by Gasteiger charge is 2.20. The molecule has 0 radical (unpaired) electrons. The summed E-state index contributed by atoms with van der Waals surface area (Å²) in [5, 5.41) is 10.6. The first kappa shape index (κ1) is 15.2. The molecule has 3 aromatic rings. The van der Waals surface area contributed by atoms with Gasteiger partial charge in [-0.25, -0.2) is 4.79 Å². The highest BCUT2D eigenvalue weighted by molar-refractivity contribution is 9.10. The minimum absolute atomic E-state index is 0.339. The van der Waals surface area contributed by atoms with Crippen LogP contribution in [0.4, 0.5) is 0 Å². The lowest BCUT2D eigenvalue weighted by molar-refractivity contribution is 0.416. The SMILES string of the molecule is COc1c(Br)c(-c2nnc(C)s2)cc2oc(=O)c(C)c(C)c12. The van der Waals surface area contributed by atoms with Crippen molar-refractivity contribution in [1.82, 2.24) is 10.2 Å². The largest absolute Gasteiger partial charge is 0.495 e. The molecular formula is C15H13BrN2O3S. The molecule has 3 rings (SSSR count). The van der Waals surface area contributed by atoms with Crippen LogP contribution in [0.15, 0.2) is 19.8 Å². The second-order valence-corrected chi connectivity index (χ2v) is 6.88. The molecule has 0 fully saturated rings. The van der Waals surface area contributed by atoms with Crippen molar-refractivity contribution in [1.29, 1.82) is 0 Å². The van der Waals surface area contributed by atoms with E-state index in [-0.39, 0.29) is 5.63 Å². The fourth-order valence-electron chi connectivity index (χ4n) is 2.32. The van der Waals surface area contributed by atoms with E-state index in [9.17, 15) is 4.79 Å². The number of fused-ring (bicyclic) bond motifs is 1. The molecule has 0 unspecified atom stereocenters. The number of halogens is 1. The van der Waals surface area contributed by atoms with Gasteiger partial charge in [-0.15, -0.1) is 10.2 Å². The number of aryl methyl sites for hydroxylation is 2. The smallest absolute Gasteiger partial charge is 0.339 e. The molecule has 22 heavy (non-hydrogen) atoms. The summed E-state index contributed by atoms with van der Waals surface area (Å²) in [6.45, 7) is 5.52. The summed E-state index contributed by atoms with van der Waals surface area (Å²) in [5.41, 5.74) is 2.37. The topological polar surface area (TPSA) is 65.2 Å². The Hall–Kier alpha value is -1.73. The third-order valence-corrected chi connectivity index (χ3v) is 5.25. The first-order valence-corrected chi connectivity index (χ1v) is 8.16. The average Bonchev–Trinajstić information content (AvgIpc) is 2.91. The molecule has 0 saturated carbocycles. The maximum Gasteiger partial charge on any atom is 0.339 e. The van der Waals surface area contributed by atoms with Gasteiger partial charge in [0.2, 0.25) is 0 Å². The Morgan fingerprint density at radius 2 is 1.95 bits per heavy atom. The Bertz CT molecular complexity index is 946. The van der Waals surface area contributed by atoms with Crippen LogP contribution in [0.3, 0.4) is 0 Å². The molecule has 0 bridgehead atoms. The van der Waals surface area contributed by atoms with Gasteiger partial charge in [-0.3, -0.25) is 0 Å². The Balaban J connectivity index is 2.45. The van der Waals surface area contributed by atoms with Gasteiger partial charge in [0.25, 0.3) is 0 Å². The van der Waals surface area contributed by atoms with Gasteiger partial charge in [0.05, 0.1) is 17.0 Å². The average molecular weight is 381 g/mol. The van der Waals surface area contributed by atoms with E-state index in [1.54, 1.807) is 20.1 Å². The summed E-state index contributed by atoms with van der Waals surface area (Å²) >= 11 is 5.05. The number of benzene rings is 1. The molecule has 0 saturated heterocycles. The van der Waals surface area contributed by atoms with Gasteiger partial charge in [-0.1, -0.05) is 11.3 Å². The lowest BCUT2D eigenvalue weighted by atomic mass is 10.0. The summed E-state index contributed by atoms with van der Waals surface area (Å²) in [4.78, 5) is 11.9. The predicted octanol–water partition coefficient (Wildman–Crippen LogP) is 4.01. The Morgan fingerprint density at radius 3 is 2.55 bits per heavy atom. The van der Waals surface area contributed by atoms with E-state index in [4.69, 9.17) is 9.15 Å².